The van der Waals surface area contributed by atoms with Gasteiger partial charge in [0.25, 0.3) is 5.69 Å². The lowest BCUT2D eigenvalue weighted by atomic mass is 10.2. The van der Waals surface area contributed by atoms with Gasteiger partial charge in [0.1, 0.15) is 0 Å². The van der Waals surface area contributed by atoms with E-state index < -0.39 is 40.6 Å². The molecule has 1 aromatic carbocycles. The molecule has 1 unspecified atom stereocenters. The summed E-state index contributed by atoms with van der Waals surface area (Å²) in [6, 6.07) is 1.45. The number of aliphatic hydroxyl groups is 2. The zero-order chi connectivity index (χ0) is 13.0. The summed E-state index contributed by atoms with van der Waals surface area (Å²) in [5, 5.41) is 30.3. The Labute approximate surface area is 94.6 Å². The minimum Gasteiger partial charge on any atom is -0.394 e. The summed E-state index contributed by atoms with van der Waals surface area (Å²) in [6.07, 6.45) is -1.22. The molecule has 17 heavy (non-hydrogen) atoms. The van der Waals surface area contributed by atoms with Gasteiger partial charge < -0.3 is 15.5 Å². The summed E-state index contributed by atoms with van der Waals surface area (Å²) in [5.74, 6) is -2.64. The molecule has 1 rings (SSSR count). The summed E-state index contributed by atoms with van der Waals surface area (Å²) < 4.78 is 26.2. The van der Waals surface area contributed by atoms with E-state index in [2.05, 4.69) is 5.32 Å². The van der Waals surface area contributed by atoms with Crippen LogP contribution in [-0.2, 0) is 0 Å². The van der Waals surface area contributed by atoms with Crippen LogP contribution in [-0.4, -0.2) is 34.4 Å². The van der Waals surface area contributed by atoms with E-state index in [0.29, 0.717) is 6.07 Å². The second-order valence-corrected chi connectivity index (χ2v) is 3.23. The molecule has 0 aliphatic carbocycles. The van der Waals surface area contributed by atoms with Crippen LogP contribution in [0.1, 0.15) is 0 Å². The van der Waals surface area contributed by atoms with E-state index in [1.807, 2.05) is 0 Å². The lowest BCUT2D eigenvalue weighted by molar-refractivity contribution is -0.384. The molecule has 8 heteroatoms. The van der Waals surface area contributed by atoms with Crippen LogP contribution in [0.4, 0.5) is 20.2 Å². The first-order valence-corrected chi connectivity index (χ1v) is 4.62. The van der Waals surface area contributed by atoms with Gasteiger partial charge in [0.15, 0.2) is 17.3 Å². The number of nitro benzene ring substituents is 1. The van der Waals surface area contributed by atoms with Crippen molar-refractivity contribution in [2.75, 3.05) is 18.5 Å². The van der Waals surface area contributed by atoms with Crippen LogP contribution < -0.4 is 5.32 Å². The van der Waals surface area contributed by atoms with Crippen molar-refractivity contribution in [2.24, 2.45) is 0 Å². The second kappa shape index (κ2) is 5.51. The predicted molar refractivity (Wildman–Crippen MR) is 54.6 cm³/mol. The summed E-state index contributed by atoms with van der Waals surface area (Å²) in [6.45, 7) is -0.935. The second-order valence-electron chi connectivity index (χ2n) is 3.23. The molecule has 0 saturated heterocycles. The summed E-state index contributed by atoms with van der Waals surface area (Å²) in [4.78, 5) is 9.69. The fourth-order valence-electron chi connectivity index (χ4n) is 1.15. The van der Waals surface area contributed by atoms with E-state index in [9.17, 15) is 18.9 Å². The van der Waals surface area contributed by atoms with E-state index in [1.54, 1.807) is 0 Å². The highest BCUT2D eigenvalue weighted by atomic mass is 19.2. The molecule has 0 aromatic heterocycles. The Balaban J connectivity index is 3.02. The first-order valence-electron chi connectivity index (χ1n) is 4.62. The monoisotopic (exact) mass is 248 g/mol. The van der Waals surface area contributed by atoms with Crippen molar-refractivity contribution in [3.8, 4) is 0 Å². The lowest BCUT2D eigenvalue weighted by Crippen LogP contribution is -2.23. The maximum absolute atomic E-state index is 13.3. The summed E-state index contributed by atoms with van der Waals surface area (Å²) >= 11 is 0. The number of nitrogens with zero attached hydrogens (tertiary/aromatic N) is 1. The number of hydrogen-bond donors (Lipinski definition) is 3. The highest BCUT2D eigenvalue weighted by molar-refractivity contribution is 5.62. The topological polar surface area (TPSA) is 95.6 Å². The largest absolute Gasteiger partial charge is 0.394 e. The smallest absolute Gasteiger partial charge is 0.295 e. The van der Waals surface area contributed by atoms with Gasteiger partial charge in [-0.3, -0.25) is 10.1 Å². The van der Waals surface area contributed by atoms with Gasteiger partial charge >= 0.3 is 0 Å². The van der Waals surface area contributed by atoms with Gasteiger partial charge in [-0.25, -0.2) is 8.78 Å². The van der Waals surface area contributed by atoms with Crippen molar-refractivity contribution < 1.29 is 23.9 Å². The van der Waals surface area contributed by atoms with E-state index in [-0.39, 0.29) is 6.54 Å². The third-order valence-corrected chi connectivity index (χ3v) is 1.99. The Morgan fingerprint density at radius 1 is 1.47 bits per heavy atom. The lowest BCUT2D eigenvalue weighted by Gasteiger charge is -2.11. The van der Waals surface area contributed by atoms with E-state index in [0.717, 1.165) is 6.07 Å². The fourth-order valence-corrected chi connectivity index (χ4v) is 1.15. The average Bonchev–Trinajstić information content (AvgIpc) is 2.30. The first-order chi connectivity index (χ1) is 7.97. The van der Waals surface area contributed by atoms with Crippen molar-refractivity contribution >= 4 is 11.4 Å². The molecule has 0 bridgehead atoms. The molecule has 3 N–H and O–H groups in total. The molecule has 0 fully saturated rings. The molecule has 1 atom stereocenters. The Kier molecular flexibility index (Phi) is 4.30. The maximum Gasteiger partial charge on any atom is 0.295 e. The number of halogens is 2. The molecule has 0 aliphatic rings. The number of aliphatic hydroxyl groups excluding tert-OH is 2. The van der Waals surface area contributed by atoms with Gasteiger partial charge in [0.2, 0.25) is 0 Å². The van der Waals surface area contributed by atoms with E-state index in [4.69, 9.17) is 10.2 Å². The Bertz CT molecular complexity index is 428. The van der Waals surface area contributed by atoms with Gasteiger partial charge in [-0.1, -0.05) is 0 Å². The fraction of sp³-hybridized carbons (Fsp3) is 0.333. The third kappa shape index (κ3) is 3.08. The van der Waals surface area contributed by atoms with E-state index >= 15 is 0 Å². The number of rotatable bonds is 5. The Morgan fingerprint density at radius 2 is 2.12 bits per heavy atom. The van der Waals surface area contributed by atoms with Crippen molar-refractivity contribution in [3.63, 3.8) is 0 Å². The summed E-state index contributed by atoms with van der Waals surface area (Å²) in [5.41, 5.74) is -1.29. The molecular formula is C9H10F2N2O4. The molecule has 0 radical (unpaired) electrons. The van der Waals surface area contributed by atoms with Crippen molar-refractivity contribution in [1.82, 2.24) is 0 Å². The van der Waals surface area contributed by atoms with Crippen LogP contribution in [0.25, 0.3) is 0 Å². The SMILES string of the molecule is O=[N+]([O-])c1ccc(F)c(F)c1NCC(O)CO. The minimum absolute atomic E-state index is 0.336. The van der Waals surface area contributed by atoms with Crippen molar-refractivity contribution in [1.29, 1.82) is 0 Å². The molecule has 0 heterocycles. The van der Waals surface area contributed by atoms with Gasteiger partial charge in [-0.05, 0) is 6.07 Å². The molecule has 94 valence electrons. The predicted octanol–water partition coefficient (Wildman–Crippen LogP) is 0.638. The number of anilines is 1. The van der Waals surface area contributed by atoms with Crippen LogP contribution in [0, 0.1) is 21.7 Å². The highest BCUT2D eigenvalue weighted by Crippen LogP contribution is 2.28. The standard InChI is InChI=1S/C9H10F2N2O4/c10-6-1-2-7(13(16)17)9(8(6)11)12-3-5(15)4-14/h1-2,5,12,14-15H,3-4H2. The first kappa shape index (κ1) is 13.3. The van der Waals surface area contributed by atoms with Gasteiger partial charge in [-0.2, -0.15) is 0 Å². The molecule has 0 aliphatic heterocycles. The van der Waals surface area contributed by atoms with Crippen LogP contribution in [0.5, 0.6) is 0 Å². The van der Waals surface area contributed by atoms with Crippen molar-refractivity contribution in [3.05, 3.63) is 33.9 Å². The highest BCUT2D eigenvalue weighted by Gasteiger charge is 2.21. The number of hydrogen-bond acceptors (Lipinski definition) is 5. The molecular weight excluding hydrogens is 238 g/mol. The molecule has 0 amide bonds. The average molecular weight is 248 g/mol. The summed E-state index contributed by atoms with van der Waals surface area (Å²) in [7, 11) is 0. The third-order valence-electron chi connectivity index (χ3n) is 1.99. The number of benzene rings is 1. The van der Waals surface area contributed by atoms with Crippen LogP contribution in [0.2, 0.25) is 0 Å². The molecule has 0 saturated carbocycles. The zero-order valence-corrected chi connectivity index (χ0v) is 8.56. The number of nitro groups is 1. The normalized spacial score (nSPS) is 12.2. The minimum atomic E-state index is -1.40. The Hall–Kier alpha value is -1.80. The molecule has 6 nitrogen and oxygen atoms in total. The van der Waals surface area contributed by atoms with Gasteiger partial charge in [0, 0.05) is 12.6 Å². The van der Waals surface area contributed by atoms with Crippen LogP contribution in [0.3, 0.4) is 0 Å². The van der Waals surface area contributed by atoms with Gasteiger partial charge in [0.05, 0.1) is 17.6 Å². The maximum atomic E-state index is 13.3. The number of nitrogens with one attached hydrogen (secondary N) is 1. The Morgan fingerprint density at radius 3 is 2.65 bits per heavy atom. The zero-order valence-electron chi connectivity index (χ0n) is 8.56. The van der Waals surface area contributed by atoms with Gasteiger partial charge in [-0.15, -0.1) is 0 Å². The van der Waals surface area contributed by atoms with Crippen LogP contribution >= 0.6 is 0 Å². The molecule has 1 aromatic rings. The van der Waals surface area contributed by atoms with E-state index in [1.165, 1.54) is 0 Å². The van der Waals surface area contributed by atoms with Crippen molar-refractivity contribution in [2.45, 2.75) is 6.10 Å². The van der Waals surface area contributed by atoms with Crippen LogP contribution in [0.15, 0.2) is 12.1 Å². The molecule has 0 spiro atoms. The quantitative estimate of drug-likeness (QED) is 0.525.